The first kappa shape index (κ1) is 16.8. The molecule has 0 radical (unpaired) electrons. The molecule has 5 heteroatoms. The van der Waals surface area contributed by atoms with E-state index < -0.39 is 0 Å². The van der Waals surface area contributed by atoms with Crippen molar-refractivity contribution in [1.82, 2.24) is 5.32 Å². The molecule has 2 aromatic rings. The lowest BCUT2D eigenvalue weighted by atomic mass is 9.98. The molecule has 0 heterocycles. The SMILES string of the molecule is CCCNC(c1cc(Br)ccc1F)c1ccc(Cl)cc1Cl. The summed E-state index contributed by atoms with van der Waals surface area (Å²) in [6, 6.07) is 9.86. The van der Waals surface area contributed by atoms with Gasteiger partial charge in [0.05, 0.1) is 6.04 Å². The number of benzene rings is 2. The Hall–Kier alpha value is -0.610. The van der Waals surface area contributed by atoms with Crippen LogP contribution in [0.2, 0.25) is 10.0 Å². The van der Waals surface area contributed by atoms with Gasteiger partial charge in [0.2, 0.25) is 0 Å². The molecule has 21 heavy (non-hydrogen) atoms. The third-order valence-corrected chi connectivity index (χ3v) is 4.20. The maximum Gasteiger partial charge on any atom is 0.128 e. The van der Waals surface area contributed by atoms with Gasteiger partial charge in [-0.15, -0.1) is 0 Å². The van der Waals surface area contributed by atoms with Crippen molar-refractivity contribution in [1.29, 1.82) is 0 Å². The van der Waals surface area contributed by atoms with Gasteiger partial charge in [0.25, 0.3) is 0 Å². The standard InChI is InChI=1S/C16H15BrCl2FN/c1-2-7-21-16(12-5-4-11(18)9-14(12)19)13-8-10(17)3-6-15(13)20/h3-6,8-9,16,21H,2,7H2,1H3. The zero-order valence-electron chi connectivity index (χ0n) is 11.5. The van der Waals surface area contributed by atoms with Crippen LogP contribution in [0.1, 0.15) is 30.5 Å². The van der Waals surface area contributed by atoms with E-state index in [1.54, 1.807) is 24.3 Å². The van der Waals surface area contributed by atoms with Crippen molar-refractivity contribution in [3.8, 4) is 0 Å². The van der Waals surface area contributed by atoms with E-state index in [9.17, 15) is 4.39 Å². The molecule has 0 saturated heterocycles. The van der Waals surface area contributed by atoms with Gasteiger partial charge in [-0.05, 0) is 48.9 Å². The zero-order chi connectivity index (χ0) is 15.4. The minimum atomic E-state index is -0.313. The smallest absolute Gasteiger partial charge is 0.128 e. The fraction of sp³-hybridized carbons (Fsp3) is 0.250. The molecule has 1 nitrogen and oxygen atoms in total. The van der Waals surface area contributed by atoms with E-state index in [0.29, 0.717) is 15.6 Å². The molecule has 0 amide bonds. The van der Waals surface area contributed by atoms with Gasteiger partial charge in [-0.1, -0.05) is 52.1 Å². The Morgan fingerprint density at radius 1 is 1.14 bits per heavy atom. The highest BCUT2D eigenvalue weighted by molar-refractivity contribution is 9.10. The molecule has 2 aromatic carbocycles. The zero-order valence-corrected chi connectivity index (χ0v) is 14.6. The largest absolute Gasteiger partial charge is 0.306 e. The molecule has 0 spiro atoms. The van der Waals surface area contributed by atoms with Crippen molar-refractivity contribution < 1.29 is 4.39 Å². The third kappa shape index (κ3) is 4.19. The number of halogens is 4. The molecule has 2 rings (SSSR count). The fourth-order valence-corrected chi connectivity index (χ4v) is 3.04. The average Bonchev–Trinajstić information content (AvgIpc) is 2.44. The maximum absolute atomic E-state index is 14.2. The van der Waals surface area contributed by atoms with Crippen LogP contribution in [0.5, 0.6) is 0 Å². The topological polar surface area (TPSA) is 12.0 Å². The van der Waals surface area contributed by atoms with Crippen LogP contribution in [-0.2, 0) is 0 Å². The van der Waals surface area contributed by atoms with Gasteiger partial charge < -0.3 is 5.32 Å². The normalized spacial score (nSPS) is 12.4. The Bertz CT molecular complexity index is 634. The highest BCUT2D eigenvalue weighted by Gasteiger charge is 2.20. The van der Waals surface area contributed by atoms with E-state index in [-0.39, 0.29) is 11.9 Å². The molecule has 0 saturated carbocycles. The van der Waals surface area contributed by atoms with Gasteiger partial charge in [0, 0.05) is 20.1 Å². The Morgan fingerprint density at radius 3 is 2.57 bits per heavy atom. The maximum atomic E-state index is 14.2. The van der Waals surface area contributed by atoms with Crippen LogP contribution in [0.3, 0.4) is 0 Å². The number of hydrogen-bond donors (Lipinski definition) is 1. The Kier molecular flexibility index (Phi) is 6.06. The van der Waals surface area contributed by atoms with Crippen LogP contribution < -0.4 is 5.32 Å². The van der Waals surface area contributed by atoms with Crippen molar-refractivity contribution in [2.75, 3.05) is 6.54 Å². The highest BCUT2D eigenvalue weighted by Crippen LogP contribution is 2.32. The highest BCUT2D eigenvalue weighted by atomic mass is 79.9. The number of rotatable bonds is 5. The van der Waals surface area contributed by atoms with Crippen LogP contribution in [-0.4, -0.2) is 6.54 Å². The van der Waals surface area contributed by atoms with Crippen molar-refractivity contribution in [3.63, 3.8) is 0 Å². The van der Waals surface area contributed by atoms with E-state index in [2.05, 4.69) is 28.2 Å². The molecule has 1 N–H and O–H groups in total. The quantitative estimate of drug-likeness (QED) is 0.661. The summed E-state index contributed by atoms with van der Waals surface area (Å²) in [7, 11) is 0. The lowest BCUT2D eigenvalue weighted by Crippen LogP contribution is -2.24. The second-order valence-electron chi connectivity index (χ2n) is 4.72. The third-order valence-electron chi connectivity index (χ3n) is 3.14. The molecule has 112 valence electrons. The van der Waals surface area contributed by atoms with E-state index in [4.69, 9.17) is 23.2 Å². The molecule has 0 fully saturated rings. The number of nitrogens with one attached hydrogen (secondary N) is 1. The van der Waals surface area contributed by atoms with Gasteiger partial charge in [-0.25, -0.2) is 4.39 Å². The Morgan fingerprint density at radius 2 is 1.90 bits per heavy atom. The predicted molar refractivity (Wildman–Crippen MR) is 90.7 cm³/mol. The molecule has 0 bridgehead atoms. The lowest BCUT2D eigenvalue weighted by molar-refractivity contribution is 0.546. The van der Waals surface area contributed by atoms with E-state index >= 15 is 0 Å². The number of hydrogen-bond acceptors (Lipinski definition) is 1. The predicted octanol–water partition coefficient (Wildman–Crippen LogP) is 5.98. The van der Waals surface area contributed by atoms with Crippen LogP contribution in [0.25, 0.3) is 0 Å². The van der Waals surface area contributed by atoms with Gasteiger partial charge in [-0.2, -0.15) is 0 Å². The van der Waals surface area contributed by atoms with E-state index in [1.807, 2.05) is 6.07 Å². The van der Waals surface area contributed by atoms with Crippen LogP contribution >= 0.6 is 39.1 Å². The van der Waals surface area contributed by atoms with E-state index in [1.165, 1.54) is 6.07 Å². The second kappa shape index (κ2) is 7.59. The molecule has 0 aliphatic carbocycles. The summed E-state index contributed by atoms with van der Waals surface area (Å²) in [5.41, 5.74) is 1.37. The first-order valence-electron chi connectivity index (χ1n) is 6.66. The van der Waals surface area contributed by atoms with Gasteiger partial charge in [-0.3, -0.25) is 0 Å². The first-order valence-corrected chi connectivity index (χ1v) is 8.21. The molecule has 1 atom stereocenters. The van der Waals surface area contributed by atoms with Crippen LogP contribution in [0, 0.1) is 5.82 Å². The average molecular weight is 391 g/mol. The van der Waals surface area contributed by atoms with Gasteiger partial charge in [0.1, 0.15) is 5.82 Å². The minimum Gasteiger partial charge on any atom is -0.306 e. The summed E-state index contributed by atoms with van der Waals surface area (Å²) in [5, 5.41) is 4.43. The van der Waals surface area contributed by atoms with Crippen molar-refractivity contribution in [2.24, 2.45) is 0 Å². The molecule has 0 aromatic heterocycles. The molecule has 0 aliphatic heterocycles. The monoisotopic (exact) mass is 389 g/mol. The van der Waals surface area contributed by atoms with Gasteiger partial charge in [0.15, 0.2) is 0 Å². The Labute approximate surface area is 142 Å². The fourth-order valence-electron chi connectivity index (χ4n) is 2.15. The van der Waals surface area contributed by atoms with E-state index in [0.717, 1.165) is 23.0 Å². The molecular weight excluding hydrogens is 376 g/mol. The van der Waals surface area contributed by atoms with Crippen LogP contribution in [0.4, 0.5) is 4.39 Å². The Balaban J connectivity index is 2.49. The summed E-state index contributed by atoms with van der Waals surface area (Å²) in [5.74, 6) is -0.266. The molecule has 1 unspecified atom stereocenters. The summed E-state index contributed by atoms with van der Waals surface area (Å²) in [6.45, 7) is 2.82. The summed E-state index contributed by atoms with van der Waals surface area (Å²) in [4.78, 5) is 0. The molecule has 0 aliphatic rings. The molecular formula is C16H15BrCl2FN. The van der Waals surface area contributed by atoms with Crippen molar-refractivity contribution in [2.45, 2.75) is 19.4 Å². The summed E-state index contributed by atoms with van der Waals surface area (Å²) in [6.07, 6.45) is 0.942. The first-order chi connectivity index (χ1) is 10.0. The second-order valence-corrected chi connectivity index (χ2v) is 6.48. The van der Waals surface area contributed by atoms with Crippen molar-refractivity contribution >= 4 is 39.1 Å². The summed E-state index contributed by atoms with van der Waals surface area (Å²) < 4.78 is 15.0. The lowest BCUT2D eigenvalue weighted by Gasteiger charge is -2.21. The van der Waals surface area contributed by atoms with Crippen molar-refractivity contribution in [3.05, 3.63) is 67.9 Å². The summed E-state index contributed by atoms with van der Waals surface area (Å²) >= 11 is 15.6. The minimum absolute atomic E-state index is 0.266. The van der Waals surface area contributed by atoms with Gasteiger partial charge >= 0.3 is 0 Å². The van der Waals surface area contributed by atoms with Crippen LogP contribution in [0.15, 0.2) is 40.9 Å².